The molecule has 2 N–H and O–H groups in total. The molecule has 0 saturated heterocycles. The van der Waals surface area contributed by atoms with Gasteiger partial charge in [0, 0.05) is 12.1 Å². The van der Waals surface area contributed by atoms with E-state index in [9.17, 15) is 9.90 Å². The zero-order chi connectivity index (χ0) is 15.9. The molecule has 2 rings (SSSR count). The molecule has 4 nitrogen and oxygen atoms in total. The first kappa shape index (κ1) is 16.0. The van der Waals surface area contributed by atoms with Gasteiger partial charge in [-0.1, -0.05) is 24.3 Å². The number of carbonyl (C=O) groups excluding carboxylic acids is 1. The summed E-state index contributed by atoms with van der Waals surface area (Å²) in [5.74, 6) is 0.765. The molecular weight excluding hydrogens is 278 g/mol. The van der Waals surface area contributed by atoms with Gasteiger partial charge >= 0.3 is 0 Å². The van der Waals surface area contributed by atoms with Gasteiger partial charge in [0.15, 0.2) is 0 Å². The van der Waals surface area contributed by atoms with Gasteiger partial charge < -0.3 is 15.2 Å². The van der Waals surface area contributed by atoms with Gasteiger partial charge in [0.05, 0.1) is 13.2 Å². The van der Waals surface area contributed by atoms with Crippen LogP contribution >= 0.6 is 0 Å². The molecule has 0 aromatic heterocycles. The van der Waals surface area contributed by atoms with Crippen LogP contribution in [0.4, 0.5) is 5.69 Å². The van der Waals surface area contributed by atoms with Gasteiger partial charge in [0.25, 0.3) is 0 Å². The first-order chi connectivity index (χ1) is 10.6. The molecule has 0 aliphatic carbocycles. The molecule has 2 aromatic carbocycles. The molecule has 116 valence electrons. The number of rotatable bonds is 6. The van der Waals surface area contributed by atoms with E-state index in [1.165, 1.54) is 0 Å². The molecule has 0 fully saturated rings. The predicted octanol–water partition coefficient (Wildman–Crippen LogP) is 3.32. The molecule has 0 aliphatic rings. The van der Waals surface area contributed by atoms with Crippen LogP contribution in [-0.4, -0.2) is 18.1 Å². The molecule has 4 heteroatoms. The second-order valence-electron chi connectivity index (χ2n) is 5.20. The Hall–Kier alpha value is -2.33. The number of aliphatic hydroxyl groups excluding tert-OH is 1. The number of carbonyl (C=O) groups is 1. The lowest BCUT2D eigenvalue weighted by molar-refractivity contribution is -0.116. The van der Waals surface area contributed by atoms with Gasteiger partial charge in [-0.05, 0) is 48.7 Å². The minimum Gasteiger partial charge on any atom is -0.497 e. The van der Waals surface area contributed by atoms with Crippen molar-refractivity contribution in [1.82, 2.24) is 0 Å². The van der Waals surface area contributed by atoms with Gasteiger partial charge in [-0.2, -0.15) is 0 Å². The average Bonchev–Trinajstić information content (AvgIpc) is 2.53. The Morgan fingerprint density at radius 1 is 1.23 bits per heavy atom. The van der Waals surface area contributed by atoms with E-state index in [0.717, 1.165) is 16.9 Å². The second kappa shape index (κ2) is 7.61. The summed E-state index contributed by atoms with van der Waals surface area (Å²) in [5.41, 5.74) is 2.58. The van der Waals surface area contributed by atoms with E-state index in [1.807, 2.05) is 42.5 Å². The third kappa shape index (κ3) is 4.60. The van der Waals surface area contributed by atoms with Crippen LogP contribution in [0.15, 0.2) is 48.5 Å². The Balaban J connectivity index is 1.88. The maximum Gasteiger partial charge on any atom is 0.224 e. The number of benzene rings is 2. The fourth-order valence-electron chi connectivity index (χ4n) is 2.15. The highest BCUT2D eigenvalue weighted by Gasteiger charge is 2.06. The van der Waals surface area contributed by atoms with Crippen molar-refractivity contribution in [2.75, 3.05) is 12.4 Å². The summed E-state index contributed by atoms with van der Waals surface area (Å²) < 4.78 is 5.10. The third-order valence-electron chi connectivity index (χ3n) is 3.45. The average molecular weight is 299 g/mol. The van der Waals surface area contributed by atoms with Crippen molar-refractivity contribution in [2.24, 2.45) is 0 Å². The fourth-order valence-corrected chi connectivity index (χ4v) is 2.15. The van der Waals surface area contributed by atoms with Crippen molar-refractivity contribution in [1.29, 1.82) is 0 Å². The number of nitrogens with one attached hydrogen (secondary N) is 1. The van der Waals surface area contributed by atoms with E-state index < -0.39 is 6.10 Å². The number of methoxy groups -OCH3 is 1. The predicted molar refractivity (Wildman–Crippen MR) is 87.0 cm³/mol. The SMILES string of the molecule is COc1ccc(CCC(=O)Nc2cccc([C@@H](C)O)c2)cc1. The Morgan fingerprint density at radius 2 is 1.95 bits per heavy atom. The lowest BCUT2D eigenvalue weighted by atomic mass is 10.1. The van der Waals surface area contributed by atoms with Crippen molar-refractivity contribution in [3.63, 3.8) is 0 Å². The first-order valence-electron chi connectivity index (χ1n) is 7.29. The van der Waals surface area contributed by atoms with E-state index in [-0.39, 0.29) is 5.91 Å². The monoisotopic (exact) mass is 299 g/mol. The first-order valence-corrected chi connectivity index (χ1v) is 7.29. The molecule has 0 aliphatic heterocycles. The van der Waals surface area contributed by atoms with Crippen LogP contribution in [0, 0.1) is 0 Å². The zero-order valence-corrected chi connectivity index (χ0v) is 12.9. The number of aryl methyl sites for hydroxylation is 1. The molecule has 0 unspecified atom stereocenters. The van der Waals surface area contributed by atoms with Crippen LogP contribution in [0.25, 0.3) is 0 Å². The van der Waals surface area contributed by atoms with Crippen molar-refractivity contribution in [3.8, 4) is 5.75 Å². The fraction of sp³-hybridized carbons (Fsp3) is 0.278. The third-order valence-corrected chi connectivity index (χ3v) is 3.45. The van der Waals surface area contributed by atoms with Crippen molar-refractivity contribution in [2.45, 2.75) is 25.9 Å². The van der Waals surface area contributed by atoms with Crippen LogP contribution in [-0.2, 0) is 11.2 Å². The van der Waals surface area contributed by atoms with Crippen LogP contribution in [0.3, 0.4) is 0 Å². The van der Waals surface area contributed by atoms with E-state index in [0.29, 0.717) is 18.5 Å². The number of anilines is 1. The summed E-state index contributed by atoms with van der Waals surface area (Å²) in [6.45, 7) is 1.70. The van der Waals surface area contributed by atoms with Gasteiger partial charge in [-0.25, -0.2) is 0 Å². The van der Waals surface area contributed by atoms with E-state index in [2.05, 4.69) is 5.32 Å². The lowest BCUT2D eigenvalue weighted by Crippen LogP contribution is -2.12. The minimum atomic E-state index is -0.545. The minimum absolute atomic E-state index is 0.0430. The number of ether oxygens (including phenoxy) is 1. The van der Waals surface area contributed by atoms with E-state index in [1.54, 1.807) is 20.1 Å². The molecule has 1 amide bonds. The van der Waals surface area contributed by atoms with Gasteiger partial charge in [-0.3, -0.25) is 4.79 Å². The summed E-state index contributed by atoms with van der Waals surface area (Å²) in [6.07, 6.45) is 0.535. The van der Waals surface area contributed by atoms with Crippen LogP contribution in [0.1, 0.15) is 30.6 Å². The standard InChI is InChI=1S/C18H21NO3/c1-13(20)15-4-3-5-16(12-15)19-18(21)11-8-14-6-9-17(22-2)10-7-14/h3-7,9-10,12-13,20H,8,11H2,1-2H3,(H,19,21)/t13-/m1/s1. The topological polar surface area (TPSA) is 58.6 Å². The maximum atomic E-state index is 12.0. The number of aliphatic hydroxyl groups is 1. The largest absolute Gasteiger partial charge is 0.497 e. The molecule has 1 atom stereocenters. The van der Waals surface area contributed by atoms with Crippen molar-refractivity contribution < 1.29 is 14.6 Å². The van der Waals surface area contributed by atoms with Crippen LogP contribution in [0.5, 0.6) is 5.75 Å². The Kier molecular flexibility index (Phi) is 5.55. The zero-order valence-electron chi connectivity index (χ0n) is 12.9. The van der Waals surface area contributed by atoms with Crippen LogP contribution < -0.4 is 10.1 Å². The van der Waals surface area contributed by atoms with E-state index >= 15 is 0 Å². The molecule has 0 heterocycles. The quantitative estimate of drug-likeness (QED) is 0.860. The number of amides is 1. The Bertz CT molecular complexity index is 620. The van der Waals surface area contributed by atoms with Gasteiger partial charge in [-0.15, -0.1) is 0 Å². The molecule has 0 bridgehead atoms. The summed E-state index contributed by atoms with van der Waals surface area (Å²) in [6, 6.07) is 14.9. The number of hydrogen-bond acceptors (Lipinski definition) is 3. The molecule has 0 radical (unpaired) electrons. The van der Waals surface area contributed by atoms with Crippen molar-refractivity contribution >= 4 is 11.6 Å². The normalized spacial score (nSPS) is 11.8. The highest BCUT2D eigenvalue weighted by Crippen LogP contribution is 2.17. The smallest absolute Gasteiger partial charge is 0.224 e. The van der Waals surface area contributed by atoms with Crippen molar-refractivity contribution in [3.05, 3.63) is 59.7 Å². The highest BCUT2D eigenvalue weighted by atomic mass is 16.5. The molecule has 2 aromatic rings. The van der Waals surface area contributed by atoms with E-state index in [4.69, 9.17) is 4.74 Å². The summed E-state index contributed by atoms with van der Waals surface area (Å²) in [7, 11) is 1.63. The lowest BCUT2D eigenvalue weighted by Gasteiger charge is -2.09. The number of hydrogen-bond donors (Lipinski definition) is 2. The molecular formula is C18H21NO3. The Labute approximate surface area is 130 Å². The molecule has 0 saturated carbocycles. The molecule has 0 spiro atoms. The van der Waals surface area contributed by atoms with Gasteiger partial charge in [0.1, 0.15) is 5.75 Å². The summed E-state index contributed by atoms with van der Waals surface area (Å²) in [5, 5.41) is 12.4. The summed E-state index contributed by atoms with van der Waals surface area (Å²) >= 11 is 0. The summed E-state index contributed by atoms with van der Waals surface area (Å²) in [4.78, 5) is 12.0. The second-order valence-corrected chi connectivity index (χ2v) is 5.20. The van der Waals surface area contributed by atoms with Crippen LogP contribution in [0.2, 0.25) is 0 Å². The van der Waals surface area contributed by atoms with Gasteiger partial charge in [0.2, 0.25) is 5.91 Å². The molecule has 22 heavy (non-hydrogen) atoms. The Morgan fingerprint density at radius 3 is 2.59 bits per heavy atom. The highest BCUT2D eigenvalue weighted by molar-refractivity contribution is 5.90. The maximum absolute atomic E-state index is 12.0.